The van der Waals surface area contributed by atoms with Crippen molar-refractivity contribution in [1.82, 2.24) is 4.98 Å². The highest BCUT2D eigenvalue weighted by molar-refractivity contribution is 5.76. The molecule has 0 atom stereocenters. The normalized spacial score (nSPS) is 10.4. The van der Waals surface area contributed by atoms with E-state index in [1.54, 1.807) is 18.3 Å². The van der Waals surface area contributed by atoms with Crippen molar-refractivity contribution in [2.45, 2.75) is 13.5 Å². The van der Waals surface area contributed by atoms with Crippen LogP contribution in [0.1, 0.15) is 11.3 Å². The molecule has 132 valence electrons. The molecule has 3 aromatic rings. The van der Waals surface area contributed by atoms with Crippen LogP contribution in [0, 0.1) is 17.0 Å². The topological polar surface area (TPSA) is 74.5 Å². The van der Waals surface area contributed by atoms with E-state index < -0.39 is 4.92 Å². The van der Waals surface area contributed by atoms with E-state index >= 15 is 0 Å². The van der Waals surface area contributed by atoms with Crippen LogP contribution in [0.5, 0.6) is 11.5 Å². The molecule has 26 heavy (non-hydrogen) atoms. The monoisotopic (exact) mass is 350 g/mol. The molecule has 0 N–H and O–H groups in total. The van der Waals surface area contributed by atoms with Crippen LogP contribution in [0.3, 0.4) is 0 Å². The maximum atomic E-state index is 11.6. The first-order chi connectivity index (χ1) is 12.6. The molecule has 2 aromatic carbocycles. The number of pyridine rings is 1. The van der Waals surface area contributed by atoms with Gasteiger partial charge < -0.3 is 9.47 Å². The molecule has 1 aromatic heterocycles. The Labute approximate surface area is 151 Å². The standard InChI is InChI=1S/C20H18N2O4/c1-14-8-9-16(12-21-14)17-10-19(25-2)20(11-18(17)22(23)24)26-13-15-6-4-3-5-7-15/h3-12H,13H2,1-2H3. The summed E-state index contributed by atoms with van der Waals surface area (Å²) in [6, 6.07) is 16.2. The minimum Gasteiger partial charge on any atom is -0.493 e. The van der Waals surface area contributed by atoms with Gasteiger partial charge in [0, 0.05) is 17.5 Å². The SMILES string of the molecule is COc1cc(-c2ccc(C)nc2)c([N+](=O)[O-])cc1OCc1ccccc1. The van der Waals surface area contributed by atoms with Crippen LogP contribution in [0.15, 0.2) is 60.8 Å². The zero-order valence-corrected chi connectivity index (χ0v) is 14.5. The minimum absolute atomic E-state index is 0.0560. The largest absolute Gasteiger partial charge is 0.493 e. The number of rotatable bonds is 6. The van der Waals surface area contributed by atoms with Crippen LogP contribution in [-0.2, 0) is 6.61 Å². The van der Waals surface area contributed by atoms with E-state index in [9.17, 15) is 10.1 Å². The molecule has 0 radical (unpaired) electrons. The number of hydrogen-bond donors (Lipinski definition) is 0. The Morgan fingerprint density at radius 3 is 2.46 bits per heavy atom. The van der Waals surface area contributed by atoms with Crippen LogP contribution in [0.4, 0.5) is 5.69 Å². The number of nitro benzene ring substituents is 1. The van der Waals surface area contributed by atoms with Crippen LogP contribution >= 0.6 is 0 Å². The number of hydrogen-bond acceptors (Lipinski definition) is 5. The summed E-state index contributed by atoms with van der Waals surface area (Å²) in [7, 11) is 1.51. The van der Waals surface area contributed by atoms with Crippen molar-refractivity contribution in [1.29, 1.82) is 0 Å². The van der Waals surface area contributed by atoms with E-state index in [-0.39, 0.29) is 5.69 Å². The first-order valence-corrected chi connectivity index (χ1v) is 8.04. The Hall–Kier alpha value is -3.41. The van der Waals surface area contributed by atoms with Gasteiger partial charge in [0.2, 0.25) is 0 Å². The lowest BCUT2D eigenvalue weighted by molar-refractivity contribution is -0.384. The number of methoxy groups -OCH3 is 1. The number of ether oxygens (including phenoxy) is 2. The van der Waals surface area contributed by atoms with Crippen molar-refractivity contribution in [3.05, 3.63) is 82.2 Å². The highest BCUT2D eigenvalue weighted by Crippen LogP contribution is 2.40. The Morgan fingerprint density at radius 2 is 1.85 bits per heavy atom. The van der Waals surface area contributed by atoms with E-state index in [1.807, 2.05) is 43.3 Å². The fourth-order valence-electron chi connectivity index (χ4n) is 2.57. The Morgan fingerprint density at radius 1 is 1.08 bits per heavy atom. The maximum absolute atomic E-state index is 11.6. The number of aryl methyl sites for hydroxylation is 1. The second-order valence-corrected chi connectivity index (χ2v) is 5.74. The third kappa shape index (κ3) is 3.80. The van der Waals surface area contributed by atoms with Crippen molar-refractivity contribution >= 4 is 5.69 Å². The van der Waals surface area contributed by atoms with Crippen molar-refractivity contribution in [3.8, 4) is 22.6 Å². The van der Waals surface area contributed by atoms with Crippen molar-refractivity contribution in [2.75, 3.05) is 7.11 Å². The molecular formula is C20H18N2O4. The van der Waals surface area contributed by atoms with Gasteiger partial charge in [-0.1, -0.05) is 36.4 Å². The van der Waals surface area contributed by atoms with Crippen LogP contribution in [0.2, 0.25) is 0 Å². The van der Waals surface area contributed by atoms with Gasteiger partial charge >= 0.3 is 0 Å². The number of nitro groups is 1. The highest BCUT2D eigenvalue weighted by Gasteiger charge is 2.21. The first kappa shape index (κ1) is 17.4. The molecule has 1 heterocycles. The average Bonchev–Trinajstić information content (AvgIpc) is 2.67. The summed E-state index contributed by atoms with van der Waals surface area (Å²) in [5.41, 5.74) is 2.83. The number of benzene rings is 2. The summed E-state index contributed by atoms with van der Waals surface area (Å²) >= 11 is 0. The quantitative estimate of drug-likeness (QED) is 0.481. The van der Waals surface area contributed by atoms with Gasteiger partial charge in [-0.2, -0.15) is 0 Å². The van der Waals surface area contributed by atoms with Gasteiger partial charge in [0.05, 0.1) is 23.7 Å². The summed E-state index contributed by atoms with van der Waals surface area (Å²) < 4.78 is 11.2. The van der Waals surface area contributed by atoms with Gasteiger partial charge in [-0.25, -0.2) is 0 Å². The second-order valence-electron chi connectivity index (χ2n) is 5.74. The lowest BCUT2D eigenvalue weighted by Crippen LogP contribution is -2.00. The van der Waals surface area contributed by atoms with E-state index in [2.05, 4.69) is 4.98 Å². The lowest BCUT2D eigenvalue weighted by Gasteiger charge is -2.13. The Balaban J connectivity index is 1.99. The predicted octanol–water partition coefficient (Wildman–Crippen LogP) is 4.55. The Bertz CT molecular complexity index is 909. The maximum Gasteiger partial charge on any atom is 0.281 e. The summed E-state index contributed by atoms with van der Waals surface area (Å²) in [5.74, 6) is 0.758. The molecule has 0 aliphatic carbocycles. The fourth-order valence-corrected chi connectivity index (χ4v) is 2.57. The van der Waals surface area contributed by atoms with Crippen LogP contribution in [0.25, 0.3) is 11.1 Å². The molecule has 0 amide bonds. The summed E-state index contributed by atoms with van der Waals surface area (Å²) in [6.45, 7) is 2.15. The molecule has 6 heteroatoms. The van der Waals surface area contributed by atoms with E-state index in [1.165, 1.54) is 13.2 Å². The number of aromatic nitrogens is 1. The van der Waals surface area contributed by atoms with Crippen molar-refractivity contribution in [2.24, 2.45) is 0 Å². The van der Waals surface area contributed by atoms with Crippen molar-refractivity contribution in [3.63, 3.8) is 0 Å². The molecule has 0 saturated heterocycles. The first-order valence-electron chi connectivity index (χ1n) is 8.04. The zero-order valence-electron chi connectivity index (χ0n) is 14.5. The molecule has 0 spiro atoms. The van der Waals surface area contributed by atoms with E-state index in [4.69, 9.17) is 9.47 Å². The fraction of sp³-hybridized carbons (Fsp3) is 0.150. The van der Waals surface area contributed by atoms with Gasteiger partial charge in [-0.05, 0) is 24.6 Å². The van der Waals surface area contributed by atoms with Gasteiger partial charge in [0.15, 0.2) is 11.5 Å². The third-order valence-corrected chi connectivity index (χ3v) is 3.94. The van der Waals surface area contributed by atoms with Gasteiger partial charge in [0.25, 0.3) is 5.69 Å². The molecule has 3 rings (SSSR count). The third-order valence-electron chi connectivity index (χ3n) is 3.94. The van der Waals surface area contributed by atoms with Gasteiger partial charge in [-0.15, -0.1) is 0 Å². The van der Waals surface area contributed by atoms with Crippen LogP contribution in [-0.4, -0.2) is 17.0 Å². The number of nitrogens with zero attached hydrogens (tertiary/aromatic N) is 2. The van der Waals surface area contributed by atoms with Crippen LogP contribution < -0.4 is 9.47 Å². The summed E-state index contributed by atoms with van der Waals surface area (Å²) in [6.07, 6.45) is 1.61. The highest BCUT2D eigenvalue weighted by atomic mass is 16.6. The molecule has 0 saturated carbocycles. The van der Waals surface area contributed by atoms with Gasteiger partial charge in [-0.3, -0.25) is 15.1 Å². The molecular weight excluding hydrogens is 332 g/mol. The zero-order chi connectivity index (χ0) is 18.5. The molecule has 6 nitrogen and oxygen atoms in total. The summed E-state index contributed by atoms with van der Waals surface area (Å²) in [4.78, 5) is 15.4. The summed E-state index contributed by atoms with van der Waals surface area (Å²) in [5, 5.41) is 11.6. The minimum atomic E-state index is -0.427. The van der Waals surface area contributed by atoms with E-state index in [0.717, 1.165) is 11.3 Å². The lowest BCUT2D eigenvalue weighted by atomic mass is 10.0. The second kappa shape index (κ2) is 7.65. The molecule has 0 bridgehead atoms. The van der Waals surface area contributed by atoms with Crippen molar-refractivity contribution < 1.29 is 14.4 Å². The molecule has 0 unspecified atom stereocenters. The van der Waals surface area contributed by atoms with Gasteiger partial charge in [0.1, 0.15) is 6.61 Å². The molecule has 0 aliphatic heterocycles. The predicted molar refractivity (Wildman–Crippen MR) is 98.4 cm³/mol. The molecule has 0 aliphatic rings. The Kier molecular flexibility index (Phi) is 5.12. The smallest absolute Gasteiger partial charge is 0.281 e. The average molecular weight is 350 g/mol. The van der Waals surface area contributed by atoms with E-state index in [0.29, 0.717) is 29.2 Å². The molecule has 0 fully saturated rings.